The minimum Gasteiger partial charge on any atom is -0.465 e. The maximum absolute atomic E-state index is 13.1. The molecule has 0 atom stereocenters. The van der Waals surface area contributed by atoms with Crippen LogP contribution < -0.4 is 5.43 Å². The molecule has 0 aliphatic heterocycles. The number of rotatable bonds is 3. The highest BCUT2D eigenvalue weighted by molar-refractivity contribution is 5.80. The Morgan fingerprint density at radius 2 is 2.17 bits per heavy atom. The SMILES string of the molecule is CCOC(=O)Cn1ccc(=O)c2cc(F)ccc21. The fraction of sp³-hybridized carbons (Fsp3) is 0.231. The molecule has 4 nitrogen and oxygen atoms in total. The Kier molecular flexibility index (Phi) is 3.41. The number of nitrogens with zero attached hydrogens (tertiary/aromatic N) is 1. The number of carbonyl (C=O) groups excluding carboxylic acids is 1. The first-order chi connectivity index (χ1) is 8.61. The molecule has 0 amide bonds. The molecule has 94 valence electrons. The van der Waals surface area contributed by atoms with Crippen LogP contribution in [0.5, 0.6) is 0 Å². The van der Waals surface area contributed by atoms with Crippen molar-refractivity contribution in [3.05, 3.63) is 46.5 Å². The standard InChI is InChI=1S/C13H12FNO3/c1-2-18-13(17)8-15-6-5-12(16)10-7-9(14)3-4-11(10)15/h3-7H,2,8H2,1H3. The van der Waals surface area contributed by atoms with E-state index in [0.29, 0.717) is 12.1 Å². The first kappa shape index (κ1) is 12.3. The lowest BCUT2D eigenvalue weighted by atomic mass is 10.2. The first-order valence-electron chi connectivity index (χ1n) is 5.56. The average molecular weight is 249 g/mol. The van der Waals surface area contributed by atoms with Crippen LogP contribution >= 0.6 is 0 Å². The zero-order chi connectivity index (χ0) is 13.1. The molecule has 2 rings (SSSR count). The Balaban J connectivity index is 2.49. The van der Waals surface area contributed by atoms with Gasteiger partial charge in [-0.1, -0.05) is 0 Å². The van der Waals surface area contributed by atoms with E-state index >= 15 is 0 Å². The molecule has 0 spiro atoms. The van der Waals surface area contributed by atoms with Gasteiger partial charge in [0.2, 0.25) is 0 Å². The summed E-state index contributed by atoms with van der Waals surface area (Å²) in [5, 5.41) is 0.252. The second-order valence-electron chi connectivity index (χ2n) is 3.77. The van der Waals surface area contributed by atoms with E-state index in [-0.39, 0.29) is 17.4 Å². The molecule has 0 unspecified atom stereocenters. The fourth-order valence-electron chi connectivity index (χ4n) is 1.77. The molecule has 0 fully saturated rings. The lowest BCUT2D eigenvalue weighted by Crippen LogP contribution is -2.16. The third-order valence-electron chi connectivity index (χ3n) is 2.54. The van der Waals surface area contributed by atoms with Gasteiger partial charge in [0.15, 0.2) is 5.43 Å². The summed E-state index contributed by atoms with van der Waals surface area (Å²) in [6.45, 7) is 2.01. The van der Waals surface area contributed by atoms with Crippen molar-refractivity contribution in [2.45, 2.75) is 13.5 Å². The molecule has 0 saturated carbocycles. The van der Waals surface area contributed by atoms with Crippen LogP contribution in [0.3, 0.4) is 0 Å². The second-order valence-corrected chi connectivity index (χ2v) is 3.77. The molecule has 0 radical (unpaired) electrons. The van der Waals surface area contributed by atoms with Gasteiger partial charge in [-0.05, 0) is 25.1 Å². The van der Waals surface area contributed by atoms with E-state index < -0.39 is 11.8 Å². The monoisotopic (exact) mass is 249 g/mol. The van der Waals surface area contributed by atoms with Crippen molar-refractivity contribution in [1.82, 2.24) is 4.57 Å². The Labute approximate surface area is 103 Å². The van der Waals surface area contributed by atoms with Gasteiger partial charge in [-0.2, -0.15) is 0 Å². The highest BCUT2D eigenvalue weighted by Crippen LogP contribution is 2.12. The molecular formula is C13H12FNO3. The van der Waals surface area contributed by atoms with Crippen molar-refractivity contribution in [2.75, 3.05) is 6.61 Å². The highest BCUT2D eigenvalue weighted by atomic mass is 19.1. The maximum atomic E-state index is 13.1. The maximum Gasteiger partial charge on any atom is 0.325 e. The van der Waals surface area contributed by atoms with E-state index in [9.17, 15) is 14.0 Å². The number of pyridine rings is 1. The number of carbonyl (C=O) groups is 1. The molecule has 0 aliphatic rings. The van der Waals surface area contributed by atoms with Crippen LogP contribution in [0.25, 0.3) is 10.9 Å². The molecule has 1 aromatic heterocycles. The quantitative estimate of drug-likeness (QED) is 0.778. The normalized spacial score (nSPS) is 10.6. The molecule has 5 heteroatoms. The van der Waals surface area contributed by atoms with Crippen LogP contribution in [-0.4, -0.2) is 17.1 Å². The summed E-state index contributed by atoms with van der Waals surface area (Å²) in [7, 11) is 0. The summed E-state index contributed by atoms with van der Waals surface area (Å²) < 4.78 is 19.5. The Bertz CT molecular complexity index is 648. The summed E-state index contributed by atoms with van der Waals surface area (Å²) in [6.07, 6.45) is 1.50. The molecule has 2 aromatic rings. The lowest BCUT2D eigenvalue weighted by Gasteiger charge is -2.09. The number of hydrogen-bond acceptors (Lipinski definition) is 3. The molecule has 0 N–H and O–H groups in total. The van der Waals surface area contributed by atoms with Gasteiger partial charge < -0.3 is 9.30 Å². The number of esters is 1. The van der Waals surface area contributed by atoms with Crippen LogP contribution in [0.4, 0.5) is 4.39 Å². The molecule has 18 heavy (non-hydrogen) atoms. The van der Waals surface area contributed by atoms with Crippen molar-refractivity contribution >= 4 is 16.9 Å². The van der Waals surface area contributed by atoms with E-state index in [4.69, 9.17) is 4.74 Å². The summed E-state index contributed by atoms with van der Waals surface area (Å²) in [6, 6.07) is 5.20. The summed E-state index contributed by atoms with van der Waals surface area (Å²) in [4.78, 5) is 23.0. The number of benzene rings is 1. The first-order valence-corrected chi connectivity index (χ1v) is 5.56. The zero-order valence-electron chi connectivity index (χ0n) is 9.85. The lowest BCUT2D eigenvalue weighted by molar-refractivity contribution is -0.143. The van der Waals surface area contributed by atoms with Crippen molar-refractivity contribution in [1.29, 1.82) is 0 Å². The van der Waals surface area contributed by atoms with Gasteiger partial charge in [-0.15, -0.1) is 0 Å². The minimum absolute atomic E-state index is 0.00372. The number of fused-ring (bicyclic) bond motifs is 1. The van der Waals surface area contributed by atoms with E-state index in [1.54, 1.807) is 11.5 Å². The number of ether oxygens (including phenoxy) is 1. The van der Waals surface area contributed by atoms with Crippen LogP contribution in [0.15, 0.2) is 35.3 Å². The zero-order valence-corrected chi connectivity index (χ0v) is 9.85. The predicted octanol–water partition coefficient (Wildman–Crippen LogP) is 1.70. The topological polar surface area (TPSA) is 48.3 Å². The van der Waals surface area contributed by atoms with Gasteiger partial charge in [0.25, 0.3) is 0 Å². The summed E-state index contributed by atoms with van der Waals surface area (Å²) >= 11 is 0. The van der Waals surface area contributed by atoms with Gasteiger partial charge in [0.05, 0.1) is 12.1 Å². The second kappa shape index (κ2) is 5.00. The van der Waals surface area contributed by atoms with Gasteiger partial charge in [-0.25, -0.2) is 4.39 Å². The number of halogens is 1. The average Bonchev–Trinajstić information content (AvgIpc) is 2.33. The van der Waals surface area contributed by atoms with E-state index in [1.165, 1.54) is 30.5 Å². The van der Waals surface area contributed by atoms with Crippen molar-refractivity contribution < 1.29 is 13.9 Å². The van der Waals surface area contributed by atoms with Crippen molar-refractivity contribution in [3.8, 4) is 0 Å². The molecule has 0 saturated heterocycles. The van der Waals surface area contributed by atoms with E-state index in [2.05, 4.69) is 0 Å². The number of hydrogen-bond donors (Lipinski definition) is 0. The van der Waals surface area contributed by atoms with Crippen LogP contribution in [0, 0.1) is 5.82 Å². The van der Waals surface area contributed by atoms with Crippen LogP contribution in [-0.2, 0) is 16.1 Å². The Morgan fingerprint density at radius 1 is 1.39 bits per heavy atom. The molecule has 0 bridgehead atoms. The third kappa shape index (κ3) is 2.40. The fourth-order valence-corrected chi connectivity index (χ4v) is 1.77. The summed E-state index contributed by atoms with van der Waals surface area (Å²) in [5.41, 5.74) is 0.238. The largest absolute Gasteiger partial charge is 0.465 e. The van der Waals surface area contributed by atoms with E-state index in [0.717, 1.165) is 0 Å². The Hall–Kier alpha value is -2.17. The Morgan fingerprint density at radius 3 is 2.89 bits per heavy atom. The summed E-state index contributed by atoms with van der Waals surface area (Å²) in [5.74, 6) is -0.875. The van der Waals surface area contributed by atoms with Crippen LogP contribution in [0.2, 0.25) is 0 Å². The van der Waals surface area contributed by atoms with E-state index in [1.807, 2.05) is 0 Å². The molecule has 1 aromatic carbocycles. The number of aromatic nitrogens is 1. The smallest absolute Gasteiger partial charge is 0.325 e. The molecular weight excluding hydrogens is 237 g/mol. The predicted molar refractivity (Wildman–Crippen MR) is 64.8 cm³/mol. The minimum atomic E-state index is -0.478. The van der Waals surface area contributed by atoms with Gasteiger partial charge in [0.1, 0.15) is 12.4 Å². The van der Waals surface area contributed by atoms with Crippen LogP contribution in [0.1, 0.15) is 6.92 Å². The van der Waals surface area contributed by atoms with Crippen molar-refractivity contribution in [3.63, 3.8) is 0 Å². The van der Waals surface area contributed by atoms with Crippen molar-refractivity contribution in [2.24, 2.45) is 0 Å². The van der Waals surface area contributed by atoms with Gasteiger partial charge in [0, 0.05) is 17.6 Å². The molecule has 1 heterocycles. The molecule has 0 aliphatic carbocycles. The highest BCUT2D eigenvalue weighted by Gasteiger charge is 2.08. The van der Waals surface area contributed by atoms with Gasteiger partial charge in [-0.3, -0.25) is 9.59 Å². The third-order valence-corrected chi connectivity index (χ3v) is 2.54. The van der Waals surface area contributed by atoms with Gasteiger partial charge >= 0.3 is 5.97 Å².